The maximum absolute atomic E-state index is 5.94. The van der Waals surface area contributed by atoms with Crippen LogP contribution in [0.15, 0.2) is 54.9 Å². The highest BCUT2D eigenvalue weighted by Crippen LogP contribution is 2.19. The molecule has 6 heteroatoms. The lowest BCUT2D eigenvalue weighted by Gasteiger charge is -2.35. The summed E-state index contributed by atoms with van der Waals surface area (Å²) >= 11 is 5.94. The summed E-state index contributed by atoms with van der Waals surface area (Å²) in [6, 6.07) is 13.8. The van der Waals surface area contributed by atoms with Crippen molar-refractivity contribution < 1.29 is 0 Å². The van der Waals surface area contributed by atoms with Crippen LogP contribution in [0.4, 0.5) is 5.82 Å². The summed E-state index contributed by atoms with van der Waals surface area (Å²) in [5.74, 6) is 1.95. The number of pyridine rings is 1. The van der Waals surface area contributed by atoms with Crippen molar-refractivity contribution in [2.45, 2.75) is 6.54 Å². The van der Waals surface area contributed by atoms with Gasteiger partial charge in [0, 0.05) is 61.4 Å². The highest BCUT2D eigenvalue weighted by Gasteiger charge is 2.18. The molecule has 128 valence electrons. The van der Waals surface area contributed by atoms with E-state index in [4.69, 9.17) is 11.6 Å². The highest BCUT2D eigenvalue weighted by atomic mass is 35.5. The number of hydrogen-bond acceptors (Lipinski definition) is 4. The van der Waals surface area contributed by atoms with Crippen LogP contribution < -0.4 is 4.90 Å². The lowest BCUT2D eigenvalue weighted by atomic mass is 10.2. The number of aromatic nitrogens is 3. The zero-order valence-electron chi connectivity index (χ0n) is 13.9. The van der Waals surface area contributed by atoms with Gasteiger partial charge in [-0.25, -0.2) is 9.97 Å². The van der Waals surface area contributed by atoms with Gasteiger partial charge < -0.3 is 9.88 Å². The van der Waals surface area contributed by atoms with E-state index in [1.165, 1.54) is 0 Å². The molecule has 4 rings (SSSR count). The van der Waals surface area contributed by atoms with E-state index < -0.39 is 0 Å². The van der Waals surface area contributed by atoms with Gasteiger partial charge in [-0.1, -0.05) is 17.7 Å². The molecule has 5 nitrogen and oxygen atoms in total. The molecule has 3 heterocycles. The van der Waals surface area contributed by atoms with Gasteiger partial charge in [-0.2, -0.15) is 0 Å². The second-order valence-electron chi connectivity index (χ2n) is 6.22. The molecule has 0 atom stereocenters. The number of nitrogens with zero attached hydrogens (tertiary/aromatic N) is 4. The molecular formula is C19H20ClN5. The summed E-state index contributed by atoms with van der Waals surface area (Å²) in [5.41, 5.74) is 2.19. The quantitative estimate of drug-likeness (QED) is 0.780. The molecule has 2 aromatic heterocycles. The van der Waals surface area contributed by atoms with Crippen molar-refractivity contribution in [2.24, 2.45) is 0 Å². The summed E-state index contributed by atoms with van der Waals surface area (Å²) in [4.78, 5) is 17.1. The average Bonchev–Trinajstić information content (AvgIpc) is 3.12. The molecule has 1 aromatic carbocycles. The molecule has 0 spiro atoms. The maximum atomic E-state index is 5.94. The zero-order chi connectivity index (χ0) is 17.1. The van der Waals surface area contributed by atoms with E-state index in [0.717, 1.165) is 60.6 Å². The number of nitrogens with one attached hydrogen (secondary N) is 1. The first-order valence-electron chi connectivity index (χ1n) is 8.46. The van der Waals surface area contributed by atoms with Crippen LogP contribution in [0.25, 0.3) is 11.4 Å². The lowest BCUT2D eigenvalue weighted by Crippen LogP contribution is -2.46. The van der Waals surface area contributed by atoms with Gasteiger partial charge >= 0.3 is 0 Å². The number of halogens is 1. The third kappa shape index (κ3) is 3.83. The topological polar surface area (TPSA) is 48.1 Å². The van der Waals surface area contributed by atoms with Gasteiger partial charge in [-0.3, -0.25) is 4.90 Å². The predicted octanol–water partition coefficient (Wildman–Crippen LogP) is 3.45. The molecule has 0 unspecified atom stereocenters. The smallest absolute Gasteiger partial charge is 0.137 e. The van der Waals surface area contributed by atoms with Crippen LogP contribution in [0.3, 0.4) is 0 Å². The number of piperazine rings is 1. The number of benzene rings is 1. The monoisotopic (exact) mass is 353 g/mol. The van der Waals surface area contributed by atoms with Gasteiger partial charge in [0.2, 0.25) is 0 Å². The van der Waals surface area contributed by atoms with Crippen molar-refractivity contribution in [1.82, 2.24) is 19.9 Å². The fraction of sp³-hybridized carbons (Fsp3) is 0.263. The number of imidazole rings is 1. The minimum Gasteiger partial charge on any atom is -0.354 e. The summed E-state index contributed by atoms with van der Waals surface area (Å²) in [5, 5.41) is 0.737. The number of rotatable bonds is 4. The second-order valence-corrected chi connectivity index (χ2v) is 6.65. The van der Waals surface area contributed by atoms with E-state index in [2.05, 4.69) is 30.8 Å². The van der Waals surface area contributed by atoms with Crippen molar-refractivity contribution in [2.75, 3.05) is 31.1 Å². The van der Waals surface area contributed by atoms with Crippen LogP contribution in [0.5, 0.6) is 0 Å². The standard InChI is InChI=1S/C19H20ClN5/c20-16-6-4-15(5-7-16)19-22-13-17(23-19)14-24-9-11-25(12-10-24)18-3-1-2-8-21-18/h1-8,13H,9-12,14H2,(H,22,23). The number of aromatic amines is 1. The molecule has 1 N–H and O–H groups in total. The molecule has 25 heavy (non-hydrogen) atoms. The van der Waals surface area contributed by atoms with Crippen LogP contribution >= 0.6 is 11.6 Å². The first-order chi connectivity index (χ1) is 12.3. The van der Waals surface area contributed by atoms with E-state index in [1.807, 2.05) is 48.8 Å². The normalized spacial score (nSPS) is 15.5. The van der Waals surface area contributed by atoms with Crippen molar-refractivity contribution in [1.29, 1.82) is 0 Å². The number of hydrogen-bond donors (Lipinski definition) is 1. The van der Waals surface area contributed by atoms with E-state index >= 15 is 0 Å². The molecule has 1 aliphatic heterocycles. The van der Waals surface area contributed by atoms with Crippen molar-refractivity contribution in [3.8, 4) is 11.4 Å². The molecule has 3 aromatic rings. The third-order valence-electron chi connectivity index (χ3n) is 4.49. The minimum absolute atomic E-state index is 0.737. The highest BCUT2D eigenvalue weighted by molar-refractivity contribution is 6.30. The van der Waals surface area contributed by atoms with Crippen LogP contribution in [-0.2, 0) is 6.54 Å². The molecule has 1 saturated heterocycles. The van der Waals surface area contributed by atoms with E-state index in [9.17, 15) is 0 Å². The minimum atomic E-state index is 0.737. The summed E-state index contributed by atoms with van der Waals surface area (Å²) < 4.78 is 0. The van der Waals surface area contributed by atoms with Crippen LogP contribution in [0.2, 0.25) is 5.02 Å². The first kappa shape index (κ1) is 16.1. The Bertz CT molecular complexity index is 807. The summed E-state index contributed by atoms with van der Waals surface area (Å²) in [6.45, 7) is 4.92. The van der Waals surface area contributed by atoms with E-state index in [1.54, 1.807) is 0 Å². The van der Waals surface area contributed by atoms with Crippen molar-refractivity contribution >= 4 is 17.4 Å². The Labute approximate surface area is 152 Å². The molecule has 1 aliphatic rings. The Morgan fingerprint density at radius 2 is 1.76 bits per heavy atom. The molecule has 0 amide bonds. The summed E-state index contributed by atoms with van der Waals surface area (Å²) in [7, 11) is 0. The molecule has 0 bridgehead atoms. The van der Waals surface area contributed by atoms with Crippen molar-refractivity contribution in [3.63, 3.8) is 0 Å². The average molecular weight is 354 g/mol. The Morgan fingerprint density at radius 1 is 0.960 bits per heavy atom. The first-order valence-corrected chi connectivity index (χ1v) is 8.84. The molecule has 0 aliphatic carbocycles. The van der Waals surface area contributed by atoms with Gasteiger partial charge in [-0.05, 0) is 36.4 Å². The Kier molecular flexibility index (Phi) is 4.68. The predicted molar refractivity (Wildman–Crippen MR) is 101 cm³/mol. The largest absolute Gasteiger partial charge is 0.354 e. The fourth-order valence-electron chi connectivity index (χ4n) is 3.11. The molecular weight excluding hydrogens is 334 g/mol. The Morgan fingerprint density at radius 3 is 2.48 bits per heavy atom. The van der Waals surface area contributed by atoms with Crippen LogP contribution in [-0.4, -0.2) is 46.0 Å². The van der Waals surface area contributed by atoms with Gasteiger partial charge in [0.05, 0.1) is 0 Å². The molecule has 1 fully saturated rings. The maximum Gasteiger partial charge on any atom is 0.137 e. The fourth-order valence-corrected chi connectivity index (χ4v) is 3.24. The third-order valence-corrected chi connectivity index (χ3v) is 4.74. The number of H-pyrrole nitrogens is 1. The molecule has 0 radical (unpaired) electrons. The van der Waals surface area contributed by atoms with Gasteiger partial charge in [0.25, 0.3) is 0 Å². The Hall–Kier alpha value is -2.37. The molecule has 0 saturated carbocycles. The lowest BCUT2D eigenvalue weighted by molar-refractivity contribution is 0.247. The Balaban J connectivity index is 1.35. The van der Waals surface area contributed by atoms with Gasteiger partial charge in [-0.15, -0.1) is 0 Å². The van der Waals surface area contributed by atoms with Gasteiger partial charge in [0.15, 0.2) is 0 Å². The number of anilines is 1. The van der Waals surface area contributed by atoms with E-state index in [-0.39, 0.29) is 0 Å². The SMILES string of the molecule is Clc1ccc(-c2ncc(CN3CCN(c4ccccn4)CC3)[nH]2)cc1. The zero-order valence-corrected chi connectivity index (χ0v) is 14.7. The van der Waals surface area contributed by atoms with Crippen LogP contribution in [0, 0.1) is 0 Å². The van der Waals surface area contributed by atoms with Crippen LogP contribution in [0.1, 0.15) is 5.69 Å². The van der Waals surface area contributed by atoms with E-state index in [0.29, 0.717) is 0 Å². The second kappa shape index (κ2) is 7.25. The van der Waals surface area contributed by atoms with Gasteiger partial charge in [0.1, 0.15) is 11.6 Å². The van der Waals surface area contributed by atoms with Crippen molar-refractivity contribution in [3.05, 3.63) is 65.6 Å². The summed E-state index contributed by atoms with van der Waals surface area (Å²) in [6.07, 6.45) is 3.78.